The topological polar surface area (TPSA) is 112 Å². The number of carbonyl (C=O) groups is 1. The maximum absolute atomic E-state index is 8.56. The minimum Gasteiger partial charge on any atom is -0.450 e. The first kappa shape index (κ1) is 8.63. The minimum absolute atomic E-state index is 0.218. The molecule has 1 aromatic heterocycles. The van der Waals surface area contributed by atoms with Crippen molar-refractivity contribution in [2.75, 3.05) is 0 Å². The largest absolute Gasteiger partial charge is 0.503 e. The van der Waals surface area contributed by atoms with E-state index in [0.717, 1.165) is 0 Å². The van der Waals surface area contributed by atoms with Crippen LogP contribution in [0.15, 0.2) is 0 Å². The van der Waals surface area contributed by atoms with Gasteiger partial charge in [-0.25, -0.2) is 9.89 Å². The van der Waals surface area contributed by atoms with E-state index in [1.807, 2.05) is 0 Å². The molecule has 0 bridgehead atoms. The Morgan fingerprint density at radius 2 is 2.10 bits per heavy atom. The smallest absolute Gasteiger partial charge is 0.450 e. The third-order valence-electron chi connectivity index (χ3n) is 0.319. The average Bonchev–Trinajstić information content (AvgIpc) is 2.15. The molecule has 0 unspecified atom stereocenters. The van der Waals surface area contributed by atoms with E-state index in [1.54, 1.807) is 0 Å². The fourth-order valence-corrected chi connectivity index (χ4v) is 0.219. The van der Waals surface area contributed by atoms with Crippen LogP contribution in [-0.2, 0) is 0 Å². The molecule has 0 saturated heterocycles. The fourth-order valence-electron chi connectivity index (χ4n) is 0.148. The lowest BCUT2D eigenvalue weighted by atomic mass is 11.4. The summed E-state index contributed by atoms with van der Waals surface area (Å²) < 4.78 is 0. The molecule has 0 aliphatic rings. The number of hydrogen-bond acceptors (Lipinski definition) is 4. The molecule has 0 aliphatic carbocycles. The van der Waals surface area contributed by atoms with E-state index in [0.29, 0.717) is 0 Å². The highest BCUT2D eigenvalue weighted by Gasteiger charge is 1.80. The number of rotatable bonds is 0. The van der Waals surface area contributed by atoms with Crippen molar-refractivity contribution < 1.29 is 15.0 Å². The van der Waals surface area contributed by atoms with E-state index < -0.39 is 6.16 Å². The number of halogens is 1. The van der Waals surface area contributed by atoms with Gasteiger partial charge in [0.05, 0.1) is 0 Å². The van der Waals surface area contributed by atoms with Gasteiger partial charge in [0.2, 0.25) is 5.28 Å². The van der Waals surface area contributed by atoms with Gasteiger partial charge in [-0.3, -0.25) is 0 Å². The molecule has 10 heavy (non-hydrogen) atoms. The van der Waals surface area contributed by atoms with E-state index in [9.17, 15) is 0 Å². The summed E-state index contributed by atoms with van der Waals surface area (Å²) in [6.45, 7) is 0. The van der Waals surface area contributed by atoms with Gasteiger partial charge in [-0.15, -0.1) is 0 Å². The van der Waals surface area contributed by atoms with Gasteiger partial charge in [0.15, 0.2) is 0 Å². The lowest BCUT2D eigenvalue weighted by Gasteiger charge is -1.60. The summed E-state index contributed by atoms with van der Waals surface area (Å²) in [5.41, 5.74) is 0. The van der Waals surface area contributed by atoms with E-state index >= 15 is 0 Å². The van der Waals surface area contributed by atoms with E-state index in [1.165, 1.54) is 0 Å². The van der Waals surface area contributed by atoms with Crippen LogP contribution in [0.4, 0.5) is 4.79 Å². The van der Waals surface area contributed by atoms with Crippen LogP contribution in [0, 0.1) is 0 Å². The first-order chi connectivity index (χ1) is 4.63. The SMILES string of the molecule is Clc1nnn[nH]1.O=C(O)O. The standard InChI is InChI=1S/CHClN4.CH2O3/c2-1-3-5-6-4-1;2-1(3)4/h(H,3,4,5,6);(H2,2,3,4). The number of H-pyrrole nitrogens is 1. The fraction of sp³-hybridized carbons (Fsp3) is 0. The molecular weight excluding hydrogens is 164 g/mol. The van der Waals surface area contributed by atoms with Gasteiger partial charge in [0, 0.05) is 0 Å². The second-order valence-electron chi connectivity index (χ2n) is 0.975. The first-order valence-electron chi connectivity index (χ1n) is 1.94. The Bertz CT molecular complexity index is 182. The molecule has 8 heteroatoms. The lowest BCUT2D eigenvalue weighted by molar-refractivity contribution is 0.137. The Morgan fingerprint density at radius 3 is 2.20 bits per heavy atom. The summed E-state index contributed by atoms with van der Waals surface area (Å²) in [4.78, 5) is 8.56. The van der Waals surface area contributed by atoms with Crippen molar-refractivity contribution >= 4 is 17.8 Å². The van der Waals surface area contributed by atoms with Gasteiger partial charge in [-0.2, -0.15) is 0 Å². The Kier molecular flexibility index (Phi) is 3.89. The van der Waals surface area contributed by atoms with Gasteiger partial charge >= 0.3 is 6.16 Å². The van der Waals surface area contributed by atoms with E-state index in [2.05, 4.69) is 20.6 Å². The summed E-state index contributed by atoms with van der Waals surface area (Å²) in [6.07, 6.45) is -1.83. The Morgan fingerprint density at radius 1 is 1.60 bits per heavy atom. The maximum atomic E-state index is 8.56. The van der Waals surface area contributed by atoms with Crippen LogP contribution >= 0.6 is 11.6 Å². The first-order valence-corrected chi connectivity index (χ1v) is 2.32. The Labute approximate surface area is 59.6 Å². The van der Waals surface area contributed by atoms with Crippen LogP contribution in [-0.4, -0.2) is 37.0 Å². The average molecular weight is 167 g/mol. The third-order valence-corrected chi connectivity index (χ3v) is 0.480. The molecule has 56 valence electrons. The number of carboxylic acid groups (broad SMARTS) is 2. The second-order valence-corrected chi connectivity index (χ2v) is 1.33. The molecule has 0 atom stereocenters. The minimum atomic E-state index is -1.83. The number of hydrogen-bond donors (Lipinski definition) is 3. The van der Waals surface area contributed by atoms with Crippen molar-refractivity contribution in [3.8, 4) is 0 Å². The van der Waals surface area contributed by atoms with Gasteiger partial charge in [-0.1, -0.05) is 5.10 Å². The summed E-state index contributed by atoms with van der Waals surface area (Å²) in [6, 6.07) is 0. The normalized spacial score (nSPS) is 7.70. The van der Waals surface area contributed by atoms with Crippen LogP contribution in [0.1, 0.15) is 0 Å². The molecule has 0 radical (unpaired) electrons. The maximum Gasteiger partial charge on any atom is 0.503 e. The van der Waals surface area contributed by atoms with Crippen LogP contribution in [0.5, 0.6) is 0 Å². The van der Waals surface area contributed by atoms with Crippen LogP contribution in [0.3, 0.4) is 0 Å². The van der Waals surface area contributed by atoms with Crippen molar-refractivity contribution in [1.29, 1.82) is 0 Å². The van der Waals surface area contributed by atoms with Crippen LogP contribution in [0.25, 0.3) is 0 Å². The molecule has 1 rings (SSSR count). The third kappa shape index (κ3) is 6.63. The summed E-state index contributed by atoms with van der Waals surface area (Å²) in [7, 11) is 0. The Balaban J connectivity index is 0.000000180. The molecular formula is C2H3ClN4O3. The summed E-state index contributed by atoms with van der Waals surface area (Å²) in [5.74, 6) is 0. The Hall–Kier alpha value is -1.37. The predicted molar refractivity (Wildman–Crippen MR) is 29.8 cm³/mol. The summed E-state index contributed by atoms with van der Waals surface area (Å²) in [5, 5.41) is 26.1. The van der Waals surface area contributed by atoms with E-state index in [4.69, 9.17) is 26.6 Å². The molecule has 0 fully saturated rings. The van der Waals surface area contributed by atoms with Gasteiger partial charge < -0.3 is 10.2 Å². The number of aromatic nitrogens is 4. The van der Waals surface area contributed by atoms with Gasteiger partial charge in [-0.05, 0) is 22.0 Å². The van der Waals surface area contributed by atoms with Crippen LogP contribution in [0.2, 0.25) is 5.28 Å². The molecule has 1 aromatic rings. The van der Waals surface area contributed by atoms with Gasteiger partial charge in [0.1, 0.15) is 0 Å². The van der Waals surface area contributed by atoms with Crippen molar-refractivity contribution in [3.05, 3.63) is 5.28 Å². The van der Waals surface area contributed by atoms with Crippen molar-refractivity contribution in [1.82, 2.24) is 20.6 Å². The van der Waals surface area contributed by atoms with Crippen molar-refractivity contribution in [2.24, 2.45) is 0 Å². The number of nitrogens with one attached hydrogen (secondary N) is 1. The number of nitrogens with zero attached hydrogens (tertiary/aromatic N) is 3. The number of aromatic amines is 1. The molecule has 0 aliphatic heterocycles. The highest BCUT2D eigenvalue weighted by atomic mass is 35.5. The zero-order valence-electron chi connectivity index (χ0n) is 4.52. The predicted octanol–water partition coefficient (Wildman–Crippen LogP) is 0.0755. The number of tetrazole rings is 1. The van der Waals surface area contributed by atoms with Crippen molar-refractivity contribution in [2.45, 2.75) is 0 Å². The van der Waals surface area contributed by atoms with E-state index in [-0.39, 0.29) is 5.28 Å². The molecule has 0 aromatic carbocycles. The van der Waals surface area contributed by atoms with Crippen molar-refractivity contribution in [3.63, 3.8) is 0 Å². The summed E-state index contributed by atoms with van der Waals surface area (Å²) >= 11 is 5.16. The molecule has 0 spiro atoms. The highest BCUT2D eigenvalue weighted by molar-refractivity contribution is 6.28. The molecule has 0 saturated carbocycles. The molecule has 1 heterocycles. The quantitative estimate of drug-likeness (QED) is 0.503. The molecule has 3 N–H and O–H groups in total. The lowest BCUT2D eigenvalue weighted by Crippen LogP contribution is -1.81. The molecule has 0 amide bonds. The monoisotopic (exact) mass is 166 g/mol. The van der Waals surface area contributed by atoms with Gasteiger partial charge in [0.25, 0.3) is 0 Å². The van der Waals surface area contributed by atoms with Crippen LogP contribution < -0.4 is 0 Å². The zero-order chi connectivity index (χ0) is 7.98. The highest BCUT2D eigenvalue weighted by Crippen LogP contribution is 1.87. The molecule has 7 nitrogen and oxygen atoms in total. The zero-order valence-corrected chi connectivity index (χ0v) is 5.28. The second kappa shape index (κ2) is 4.50.